The fraction of sp³-hybridized carbons (Fsp3) is 0.400. The van der Waals surface area contributed by atoms with E-state index in [1.807, 2.05) is 18.3 Å². The topological polar surface area (TPSA) is 60.9 Å². The summed E-state index contributed by atoms with van der Waals surface area (Å²) < 4.78 is 16.4. The number of aromatic nitrogens is 1. The lowest BCUT2D eigenvalue weighted by atomic mass is 9.86. The monoisotopic (exact) mass is 352 g/mol. The minimum Gasteiger partial charge on any atom is -0.454 e. The number of carbonyl (C=O) groups is 1. The molecule has 3 aliphatic rings. The highest BCUT2D eigenvalue weighted by atomic mass is 16.7. The zero-order valence-corrected chi connectivity index (χ0v) is 14.4. The normalized spacial score (nSPS) is 21.3. The second kappa shape index (κ2) is 6.20. The van der Waals surface area contributed by atoms with Crippen LogP contribution in [-0.4, -0.2) is 30.8 Å². The van der Waals surface area contributed by atoms with Crippen LogP contribution in [0.2, 0.25) is 0 Å². The Bertz CT molecular complexity index is 861. The maximum atomic E-state index is 12.3. The van der Waals surface area contributed by atoms with Gasteiger partial charge in [-0.15, -0.1) is 0 Å². The van der Waals surface area contributed by atoms with Gasteiger partial charge in [-0.2, -0.15) is 0 Å². The van der Waals surface area contributed by atoms with Gasteiger partial charge in [0.2, 0.25) is 6.79 Å². The summed E-state index contributed by atoms with van der Waals surface area (Å²) in [7, 11) is 0. The molecule has 0 saturated carbocycles. The maximum absolute atomic E-state index is 12.3. The number of rotatable bonds is 2. The number of hydrogen-bond donors (Lipinski definition) is 0. The summed E-state index contributed by atoms with van der Waals surface area (Å²) in [6.07, 6.45) is 5.76. The first kappa shape index (κ1) is 15.5. The molecule has 2 aromatic rings. The van der Waals surface area contributed by atoms with Crippen LogP contribution in [-0.2, 0) is 4.79 Å². The molecule has 6 heteroatoms. The number of ether oxygens (including phenoxy) is 3. The van der Waals surface area contributed by atoms with Gasteiger partial charge in [0.15, 0.2) is 11.5 Å². The Morgan fingerprint density at radius 1 is 1.00 bits per heavy atom. The number of carbonyl (C=O) groups excluding carboxylic acids is 1. The predicted molar refractivity (Wildman–Crippen MR) is 95.0 cm³/mol. The van der Waals surface area contributed by atoms with E-state index in [4.69, 9.17) is 14.2 Å². The van der Waals surface area contributed by atoms with Crippen molar-refractivity contribution in [3.63, 3.8) is 0 Å². The van der Waals surface area contributed by atoms with E-state index < -0.39 is 0 Å². The van der Waals surface area contributed by atoms with Gasteiger partial charge in [0.05, 0.1) is 6.42 Å². The van der Waals surface area contributed by atoms with Crippen LogP contribution in [0, 0.1) is 0 Å². The average molecular weight is 352 g/mol. The summed E-state index contributed by atoms with van der Waals surface area (Å²) in [5.41, 5.74) is 2.03. The van der Waals surface area contributed by atoms with Gasteiger partial charge in [-0.1, -0.05) is 6.07 Å². The number of anilines is 1. The van der Waals surface area contributed by atoms with Crippen molar-refractivity contribution in [1.29, 1.82) is 0 Å². The van der Waals surface area contributed by atoms with Crippen LogP contribution < -0.4 is 19.1 Å². The lowest BCUT2D eigenvalue weighted by Crippen LogP contribution is -2.32. The third-order valence-corrected chi connectivity index (χ3v) is 5.32. The minimum atomic E-state index is -0.227. The average Bonchev–Trinajstić information content (AvgIpc) is 3.14. The highest BCUT2D eigenvalue weighted by Gasteiger charge is 2.34. The van der Waals surface area contributed by atoms with Gasteiger partial charge in [0, 0.05) is 42.4 Å². The summed E-state index contributed by atoms with van der Waals surface area (Å²) in [4.78, 5) is 19.3. The van der Waals surface area contributed by atoms with E-state index in [1.54, 1.807) is 6.07 Å². The number of nitrogens with zero attached hydrogens (tertiary/aromatic N) is 2. The molecule has 0 amide bonds. The van der Waals surface area contributed by atoms with Crippen LogP contribution in [0.5, 0.6) is 17.2 Å². The maximum Gasteiger partial charge on any atom is 0.312 e. The molecule has 6 nitrogen and oxygen atoms in total. The zero-order valence-electron chi connectivity index (χ0n) is 14.4. The van der Waals surface area contributed by atoms with Crippen molar-refractivity contribution in [2.24, 2.45) is 0 Å². The molecule has 134 valence electrons. The molecule has 5 rings (SSSR count). The van der Waals surface area contributed by atoms with Crippen LogP contribution in [0.25, 0.3) is 0 Å². The van der Waals surface area contributed by atoms with E-state index in [2.05, 4.69) is 16.0 Å². The third kappa shape index (κ3) is 2.57. The van der Waals surface area contributed by atoms with Gasteiger partial charge in [-0.05, 0) is 31.4 Å². The molecule has 0 aliphatic carbocycles. The molecule has 1 fully saturated rings. The van der Waals surface area contributed by atoms with Crippen molar-refractivity contribution < 1.29 is 19.0 Å². The molecular weight excluding hydrogens is 332 g/mol. The third-order valence-electron chi connectivity index (χ3n) is 5.32. The summed E-state index contributed by atoms with van der Waals surface area (Å²) in [6.45, 7) is 2.22. The SMILES string of the molecule is O=C1C[C@H](c2cccnc2N2CCCCC2)c2cc3c(cc2O1)OCO3. The van der Waals surface area contributed by atoms with Crippen LogP contribution in [0.1, 0.15) is 42.7 Å². The second-order valence-electron chi connectivity index (χ2n) is 6.94. The first-order chi connectivity index (χ1) is 12.8. The summed E-state index contributed by atoms with van der Waals surface area (Å²) in [5.74, 6) is 2.55. The summed E-state index contributed by atoms with van der Waals surface area (Å²) in [5, 5.41) is 0. The van der Waals surface area contributed by atoms with Crippen molar-refractivity contribution >= 4 is 11.8 Å². The van der Waals surface area contributed by atoms with Crippen LogP contribution in [0.4, 0.5) is 5.82 Å². The van der Waals surface area contributed by atoms with Crippen molar-refractivity contribution in [3.8, 4) is 17.2 Å². The Morgan fingerprint density at radius 3 is 2.65 bits per heavy atom. The molecule has 0 N–H and O–H groups in total. The van der Waals surface area contributed by atoms with Gasteiger partial charge in [0.1, 0.15) is 11.6 Å². The highest BCUT2D eigenvalue weighted by Crippen LogP contribution is 2.47. The van der Waals surface area contributed by atoms with Crippen LogP contribution in [0.3, 0.4) is 0 Å². The van der Waals surface area contributed by atoms with E-state index >= 15 is 0 Å². The van der Waals surface area contributed by atoms with E-state index in [0.717, 1.165) is 30.0 Å². The van der Waals surface area contributed by atoms with Gasteiger partial charge in [-0.3, -0.25) is 4.79 Å². The molecule has 0 radical (unpaired) electrons. The number of hydrogen-bond acceptors (Lipinski definition) is 6. The van der Waals surface area contributed by atoms with Gasteiger partial charge >= 0.3 is 5.97 Å². The van der Waals surface area contributed by atoms with E-state index in [1.165, 1.54) is 19.3 Å². The molecule has 1 aromatic heterocycles. The van der Waals surface area contributed by atoms with Gasteiger partial charge < -0.3 is 19.1 Å². The highest BCUT2D eigenvalue weighted by molar-refractivity contribution is 5.79. The zero-order chi connectivity index (χ0) is 17.5. The van der Waals surface area contributed by atoms with Crippen LogP contribution >= 0.6 is 0 Å². The van der Waals surface area contributed by atoms with Crippen molar-refractivity contribution in [2.75, 3.05) is 24.8 Å². The Morgan fingerprint density at radius 2 is 1.81 bits per heavy atom. The number of fused-ring (bicyclic) bond motifs is 2. The Balaban J connectivity index is 1.60. The first-order valence-corrected chi connectivity index (χ1v) is 9.14. The number of esters is 1. The minimum absolute atomic E-state index is 0.0913. The molecule has 1 saturated heterocycles. The number of piperidine rings is 1. The Kier molecular flexibility index (Phi) is 3.69. The fourth-order valence-corrected chi connectivity index (χ4v) is 4.07. The van der Waals surface area contributed by atoms with Gasteiger partial charge in [-0.25, -0.2) is 4.98 Å². The Labute approximate surface area is 151 Å². The molecule has 4 heterocycles. The largest absolute Gasteiger partial charge is 0.454 e. The molecule has 0 bridgehead atoms. The molecular formula is C20H20N2O4. The molecule has 1 atom stereocenters. The number of pyridine rings is 1. The van der Waals surface area contributed by atoms with Crippen molar-refractivity contribution in [2.45, 2.75) is 31.6 Å². The lowest BCUT2D eigenvalue weighted by Gasteiger charge is -2.32. The molecule has 0 spiro atoms. The first-order valence-electron chi connectivity index (χ1n) is 9.14. The second-order valence-corrected chi connectivity index (χ2v) is 6.94. The fourth-order valence-electron chi connectivity index (χ4n) is 4.07. The van der Waals surface area contributed by atoms with E-state index in [-0.39, 0.29) is 18.7 Å². The number of benzene rings is 1. The standard InChI is InChI=1S/C20H20N2O4/c23-19-10-14(15-9-17-18(25-12-24-17)11-16(15)26-19)13-5-4-6-21-20(13)22-7-2-1-3-8-22/h4-6,9,11,14H,1-3,7-8,10,12H2/t14-/m1/s1. The predicted octanol–water partition coefficient (Wildman–Crippen LogP) is 3.24. The summed E-state index contributed by atoms with van der Waals surface area (Å²) >= 11 is 0. The molecule has 26 heavy (non-hydrogen) atoms. The molecule has 0 unspecified atom stereocenters. The van der Waals surface area contributed by atoms with E-state index in [9.17, 15) is 4.79 Å². The van der Waals surface area contributed by atoms with Gasteiger partial charge in [0.25, 0.3) is 0 Å². The van der Waals surface area contributed by atoms with Crippen LogP contribution in [0.15, 0.2) is 30.5 Å². The molecule has 3 aliphatic heterocycles. The molecule has 1 aromatic carbocycles. The van der Waals surface area contributed by atoms with E-state index in [0.29, 0.717) is 23.7 Å². The Hall–Kier alpha value is -2.76. The van der Waals surface area contributed by atoms with Crippen molar-refractivity contribution in [1.82, 2.24) is 4.98 Å². The quantitative estimate of drug-likeness (QED) is 0.611. The lowest BCUT2D eigenvalue weighted by molar-refractivity contribution is -0.135. The van der Waals surface area contributed by atoms with Crippen molar-refractivity contribution in [3.05, 3.63) is 41.6 Å². The smallest absolute Gasteiger partial charge is 0.312 e. The summed E-state index contributed by atoms with van der Waals surface area (Å²) in [6, 6.07) is 7.73.